The zero-order valence-corrected chi connectivity index (χ0v) is 14.7. The largest absolute Gasteiger partial charge is 0.491 e. The fourth-order valence-electron chi connectivity index (χ4n) is 2.38. The van der Waals surface area contributed by atoms with Gasteiger partial charge in [0.05, 0.1) is 13.2 Å². The molecule has 0 aliphatic heterocycles. The summed E-state index contributed by atoms with van der Waals surface area (Å²) in [6, 6.07) is 15.5. The maximum Gasteiger partial charge on any atom is 0.328 e. The van der Waals surface area contributed by atoms with Gasteiger partial charge in [0.2, 0.25) is 0 Å². The Labute approximate surface area is 148 Å². The lowest BCUT2D eigenvalue weighted by atomic mass is 10.1. The molecule has 132 valence electrons. The van der Waals surface area contributed by atoms with E-state index in [-0.39, 0.29) is 12.0 Å². The number of carbonyl (C=O) groups is 2. The van der Waals surface area contributed by atoms with Crippen molar-refractivity contribution in [2.75, 3.05) is 7.11 Å². The molecule has 0 aliphatic rings. The number of amides is 1. The Morgan fingerprint density at radius 3 is 2.20 bits per heavy atom. The van der Waals surface area contributed by atoms with Crippen molar-refractivity contribution in [3.8, 4) is 5.75 Å². The van der Waals surface area contributed by atoms with Crippen LogP contribution in [-0.4, -0.2) is 31.1 Å². The molecular formula is C20H23NO4. The first-order valence-electron chi connectivity index (χ1n) is 8.19. The van der Waals surface area contributed by atoms with Gasteiger partial charge < -0.3 is 14.8 Å². The van der Waals surface area contributed by atoms with Gasteiger partial charge >= 0.3 is 5.97 Å². The van der Waals surface area contributed by atoms with Gasteiger partial charge in [-0.25, -0.2) is 4.79 Å². The lowest BCUT2D eigenvalue weighted by Crippen LogP contribution is -2.43. The first-order chi connectivity index (χ1) is 12.0. The normalized spacial score (nSPS) is 11.7. The van der Waals surface area contributed by atoms with Crippen molar-refractivity contribution in [1.29, 1.82) is 0 Å². The molecule has 0 radical (unpaired) electrons. The van der Waals surface area contributed by atoms with Crippen LogP contribution in [0.3, 0.4) is 0 Å². The highest BCUT2D eigenvalue weighted by atomic mass is 16.5. The number of benzene rings is 2. The van der Waals surface area contributed by atoms with Crippen molar-refractivity contribution in [3.63, 3.8) is 0 Å². The molecule has 0 heterocycles. The van der Waals surface area contributed by atoms with E-state index in [1.165, 1.54) is 7.11 Å². The highest BCUT2D eigenvalue weighted by molar-refractivity contribution is 5.96. The summed E-state index contributed by atoms with van der Waals surface area (Å²) in [5, 5.41) is 2.74. The van der Waals surface area contributed by atoms with Gasteiger partial charge in [-0.3, -0.25) is 4.79 Å². The average Bonchev–Trinajstić information content (AvgIpc) is 2.61. The van der Waals surface area contributed by atoms with E-state index < -0.39 is 12.0 Å². The highest BCUT2D eigenvalue weighted by Crippen LogP contribution is 2.14. The molecule has 2 rings (SSSR count). The van der Waals surface area contributed by atoms with Crippen LogP contribution in [0.25, 0.3) is 0 Å². The van der Waals surface area contributed by atoms with Crippen molar-refractivity contribution < 1.29 is 19.1 Å². The molecule has 1 N–H and O–H groups in total. The third-order valence-corrected chi connectivity index (χ3v) is 3.56. The van der Waals surface area contributed by atoms with Crippen molar-refractivity contribution >= 4 is 11.9 Å². The van der Waals surface area contributed by atoms with Crippen LogP contribution >= 0.6 is 0 Å². The van der Waals surface area contributed by atoms with E-state index in [0.717, 1.165) is 5.56 Å². The molecule has 0 fully saturated rings. The smallest absolute Gasteiger partial charge is 0.328 e. The summed E-state index contributed by atoms with van der Waals surface area (Å²) < 4.78 is 10.4. The van der Waals surface area contributed by atoms with Gasteiger partial charge in [0, 0.05) is 12.0 Å². The van der Waals surface area contributed by atoms with Crippen LogP contribution in [0.4, 0.5) is 0 Å². The van der Waals surface area contributed by atoms with Gasteiger partial charge in [-0.15, -0.1) is 0 Å². The molecule has 2 aromatic rings. The van der Waals surface area contributed by atoms with Crippen LogP contribution in [0.2, 0.25) is 0 Å². The van der Waals surface area contributed by atoms with Crippen LogP contribution in [0, 0.1) is 0 Å². The molecule has 0 aromatic heterocycles. The number of methoxy groups -OCH3 is 1. The van der Waals surface area contributed by atoms with Crippen LogP contribution in [0.1, 0.15) is 29.8 Å². The van der Waals surface area contributed by atoms with Crippen LogP contribution in [0.15, 0.2) is 54.6 Å². The molecule has 5 nitrogen and oxygen atoms in total. The van der Waals surface area contributed by atoms with E-state index in [1.807, 2.05) is 44.2 Å². The Morgan fingerprint density at radius 1 is 1.00 bits per heavy atom. The van der Waals surface area contributed by atoms with Gasteiger partial charge in [0.15, 0.2) is 0 Å². The second-order valence-corrected chi connectivity index (χ2v) is 5.93. The lowest BCUT2D eigenvalue weighted by Gasteiger charge is -2.17. The summed E-state index contributed by atoms with van der Waals surface area (Å²) in [7, 11) is 1.31. The van der Waals surface area contributed by atoms with Crippen molar-refractivity contribution in [1.82, 2.24) is 5.32 Å². The van der Waals surface area contributed by atoms with Gasteiger partial charge in [-0.1, -0.05) is 30.3 Å². The van der Waals surface area contributed by atoms with Gasteiger partial charge in [-0.2, -0.15) is 0 Å². The maximum atomic E-state index is 12.4. The van der Waals surface area contributed by atoms with E-state index in [2.05, 4.69) is 5.32 Å². The minimum atomic E-state index is -0.744. The molecule has 0 bridgehead atoms. The van der Waals surface area contributed by atoms with Crippen molar-refractivity contribution in [2.24, 2.45) is 0 Å². The van der Waals surface area contributed by atoms with E-state index >= 15 is 0 Å². The van der Waals surface area contributed by atoms with Crippen molar-refractivity contribution in [2.45, 2.75) is 32.4 Å². The zero-order chi connectivity index (χ0) is 18.2. The number of nitrogens with one attached hydrogen (secondary N) is 1. The maximum absolute atomic E-state index is 12.4. The van der Waals surface area contributed by atoms with E-state index in [1.54, 1.807) is 24.3 Å². The number of hydrogen-bond acceptors (Lipinski definition) is 4. The van der Waals surface area contributed by atoms with Crippen LogP contribution in [0.5, 0.6) is 5.75 Å². The van der Waals surface area contributed by atoms with E-state index in [9.17, 15) is 9.59 Å². The fourth-order valence-corrected chi connectivity index (χ4v) is 2.38. The molecular weight excluding hydrogens is 318 g/mol. The number of ether oxygens (including phenoxy) is 2. The SMILES string of the molecule is COC(=O)C(Cc1ccccc1)NC(=O)c1ccc(OC(C)C)cc1. The molecule has 1 amide bonds. The Balaban J connectivity index is 2.07. The molecule has 1 unspecified atom stereocenters. The summed E-state index contributed by atoms with van der Waals surface area (Å²) >= 11 is 0. The minimum absolute atomic E-state index is 0.0641. The fraction of sp³-hybridized carbons (Fsp3) is 0.300. The Morgan fingerprint density at radius 2 is 1.64 bits per heavy atom. The third kappa shape index (κ3) is 5.64. The van der Waals surface area contributed by atoms with Crippen LogP contribution in [-0.2, 0) is 16.0 Å². The molecule has 0 aliphatic carbocycles. The quantitative estimate of drug-likeness (QED) is 0.786. The molecule has 5 heteroatoms. The van der Waals surface area contributed by atoms with Crippen molar-refractivity contribution in [3.05, 3.63) is 65.7 Å². The number of rotatable bonds is 7. The molecule has 2 aromatic carbocycles. The van der Waals surface area contributed by atoms with E-state index in [4.69, 9.17) is 9.47 Å². The zero-order valence-electron chi connectivity index (χ0n) is 14.7. The standard InChI is InChI=1S/C20H23NO4/c1-14(2)25-17-11-9-16(10-12-17)19(22)21-18(20(23)24-3)13-15-7-5-4-6-8-15/h4-12,14,18H,13H2,1-3H3,(H,21,22). The highest BCUT2D eigenvalue weighted by Gasteiger charge is 2.22. The van der Waals surface area contributed by atoms with Gasteiger partial charge in [0.1, 0.15) is 11.8 Å². The summed E-state index contributed by atoms with van der Waals surface area (Å²) in [4.78, 5) is 24.4. The average molecular weight is 341 g/mol. The number of esters is 1. The third-order valence-electron chi connectivity index (χ3n) is 3.56. The summed E-state index contributed by atoms with van der Waals surface area (Å²) in [5.41, 5.74) is 1.40. The number of hydrogen-bond donors (Lipinski definition) is 1. The predicted octanol–water partition coefficient (Wildman–Crippen LogP) is 2.99. The Hall–Kier alpha value is -2.82. The second-order valence-electron chi connectivity index (χ2n) is 5.93. The predicted molar refractivity (Wildman–Crippen MR) is 95.6 cm³/mol. The summed E-state index contributed by atoms with van der Waals surface area (Å²) in [6.45, 7) is 3.87. The van der Waals surface area contributed by atoms with Gasteiger partial charge in [-0.05, 0) is 43.7 Å². The Bertz CT molecular complexity index is 695. The molecule has 0 saturated carbocycles. The topological polar surface area (TPSA) is 64.6 Å². The second kappa shape index (κ2) is 8.87. The summed E-state index contributed by atoms with van der Waals surface area (Å²) in [5.74, 6) is -0.111. The Kier molecular flexibility index (Phi) is 6.57. The molecule has 0 saturated heterocycles. The van der Waals surface area contributed by atoms with E-state index in [0.29, 0.717) is 17.7 Å². The first-order valence-corrected chi connectivity index (χ1v) is 8.19. The molecule has 0 spiro atoms. The van der Waals surface area contributed by atoms with Crippen LogP contribution < -0.4 is 10.1 Å². The molecule has 1 atom stereocenters. The summed E-state index contributed by atoms with van der Waals surface area (Å²) in [6.07, 6.45) is 0.433. The first kappa shape index (κ1) is 18.5. The molecule has 25 heavy (non-hydrogen) atoms. The number of carbonyl (C=O) groups excluding carboxylic acids is 2. The van der Waals surface area contributed by atoms with Gasteiger partial charge in [0.25, 0.3) is 5.91 Å². The minimum Gasteiger partial charge on any atom is -0.491 e. The monoisotopic (exact) mass is 341 g/mol. The lowest BCUT2D eigenvalue weighted by molar-refractivity contribution is -0.142.